The molecule has 1 aromatic carbocycles. The Morgan fingerprint density at radius 3 is 2.44 bits per heavy atom. The number of benzene rings is 1. The van der Waals surface area contributed by atoms with Crippen LogP contribution in [0.25, 0.3) is 6.08 Å². The van der Waals surface area contributed by atoms with Gasteiger partial charge < -0.3 is 0 Å². The maximum atomic E-state index is 11.2. The summed E-state index contributed by atoms with van der Waals surface area (Å²) in [5, 5.41) is 1.07. The molecule has 0 N–H and O–H groups in total. The first-order chi connectivity index (χ1) is 7.57. The van der Waals surface area contributed by atoms with E-state index in [1.807, 2.05) is 30.5 Å². The monoisotopic (exact) mass is 258 g/mol. The Labute approximate surface area is 101 Å². The minimum absolute atomic E-state index is 0.151. The van der Waals surface area contributed by atoms with Gasteiger partial charge in [-0.05, 0) is 37.0 Å². The summed E-state index contributed by atoms with van der Waals surface area (Å²) in [6, 6.07) is 7.61. The second-order valence-electron chi connectivity index (χ2n) is 2.98. The van der Waals surface area contributed by atoms with E-state index in [0.29, 0.717) is 0 Å². The van der Waals surface area contributed by atoms with E-state index in [0.717, 1.165) is 15.9 Å². The first-order valence-corrected chi connectivity index (χ1v) is 7.48. The lowest BCUT2D eigenvalue weighted by Gasteiger charge is -1.98. The molecule has 0 aliphatic rings. The lowest BCUT2D eigenvalue weighted by atomic mass is 10.2. The van der Waals surface area contributed by atoms with Crippen molar-refractivity contribution in [2.45, 2.75) is 11.8 Å². The summed E-state index contributed by atoms with van der Waals surface area (Å²) in [6.07, 6.45) is 3.51. The maximum Gasteiger partial charge on any atom is 0.290 e. The molecule has 0 fully saturated rings. The van der Waals surface area contributed by atoms with Crippen LogP contribution in [0.4, 0.5) is 0 Å². The third-order valence-electron chi connectivity index (χ3n) is 1.83. The molecular weight excluding hydrogens is 244 g/mol. The van der Waals surface area contributed by atoms with E-state index < -0.39 is 10.1 Å². The van der Waals surface area contributed by atoms with Crippen molar-refractivity contribution in [2.24, 2.45) is 0 Å². The molecule has 0 aliphatic heterocycles. The fourth-order valence-corrected chi connectivity index (χ4v) is 2.22. The molecule has 0 bridgehead atoms. The van der Waals surface area contributed by atoms with E-state index in [1.165, 1.54) is 6.08 Å². The number of thioether (sulfide) groups is 1. The lowest BCUT2D eigenvalue weighted by molar-refractivity contribution is 0.345. The van der Waals surface area contributed by atoms with E-state index in [4.69, 9.17) is 0 Å². The van der Waals surface area contributed by atoms with E-state index in [1.54, 1.807) is 18.7 Å². The Balaban J connectivity index is 2.76. The van der Waals surface area contributed by atoms with Crippen molar-refractivity contribution in [1.29, 1.82) is 0 Å². The molecule has 0 saturated heterocycles. The van der Waals surface area contributed by atoms with Gasteiger partial charge in [0.2, 0.25) is 0 Å². The van der Waals surface area contributed by atoms with Crippen molar-refractivity contribution in [3.63, 3.8) is 0 Å². The van der Waals surface area contributed by atoms with Gasteiger partial charge >= 0.3 is 0 Å². The minimum atomic E-state index is -3.53. The summed E-state index contributed by atoms with van der Waals surface area (Å²) in [7, 11) is -3.53. The van der Waals surface area contributed by atoms with Crippen molar-refractivity contribution in [3.05, 3.63) is 35.2 Å². The highest BCUT2D eigenvalue weighted by atomic mass is 32.2. The van der Waals surface area contributed by atoms with Crippen molar-refractivity contribution in [3.8, 4) is 0 Å². The highest BCUT2D eigenvalue weighted by molar-refractivity contribution is 7.98. The van der Waals surface area contributed by atoms with Crippen LogP contribution in [0.5, 0.6) is 0 Å². The molecular formula is C11H14O3S2. The molecule has 0 spiro atoms. The number of hydrogen-bond acceptors (Lipinski definition) is 4. The van der Waals surface area contributed by atoms with E-state index in [9.17, 15) is 8.42 Å². The zero-order valence-electron chi connectivity index (χ0n) is 9.21. The van der Waals surface area contributed by atoms with Gasteiger partial charge in [0.25, 0.3) is 10.1 Å². The van der Waals surface area contributed by atoms with Gasteiger partial charge in [-0.25, -0.2) is 0 Å². The summed E-state index contributed by atoms with van der Waals surface area (Å²) in [6.45, 7) is 1.79. The van der Waals surface area contributed by atoms with E-state index >= 15 is 0 Å². The smallest absolute Gasteiger partial charge is 0.267 e. The number of rotatable bonds is 5. The maximum absolute atomic E-state index is 11.2. The molecule has 0 radical (unpaired) electrons. The number of hydrogen-bond donors (Lipinski definition) is 0. The molecule has 0 aromatic heterocycles. The summed E-state index contributed by atoms with van der Waals surface area (Å²) in [5.41, 5.74) is 0.834. The Kier molecular flexibility index (Phi) is 5.05. The molecule has 3 nitrogen and oxygen atoms in total. The molecule has 0 unspecified atom stereocenters. The molecule has 1 aromatic rings. The van der Waals surface area contributed by atoms with Crippen molar-refractivity contribution in [1.82, 2.24) is 0 Å². The van der Waals surface area contributed by atoms with Crippen LogP contribution in [-0.2, 0) is 14.3 Å². The third-order valence-corrected chi connectivity index (χ3v) is 3.60. The highest BCUT2D eigenvalue weighted by Gasteiger charge is 2.02. The standard InChI is InChI=1S/C11H14O3S2/c1-3-14-16(12,13)9-8-10-4-6-11(15-2)7-5-10/h4-9H,3H2,1-2H3. The predicted molar refractivity (Wildman–Crippen MR) is 67.8 cm³/mol. The third kappa shape index (κ3) is 4.38. The SMILES string of the molecule is CCOS(=O)(=O)C=Cc1ccc(SC)cc1. The summed E-state index contributed by atoms with van der Waals surface area (Å²) in [5.74, 6) is 0. The molecule has 1 rings (SSSR count). The zero-order valence-corrected chi connectivity index (χ0v) is 10.8. The van der Waals surface area contributed by atoms with Crippen LogP contribution in [-0.4, -0.2) is 21.3 Å². The molecule has 0 aliphatic carbocycles. The highest BCUT2D eigenvalue weighted by Crippen LogP contribution is 2.15. The summed E-state index contributed by atoms with van der Waals surface area (Å²) < 4.78 is 27.0. The van der Waals surface area contributed by atoms with Crippen LogP contribution < -0.4 is 0 Å². The van der Waals surface area contributed by atoms with Gasteiger partial charge in [-0.3, -0.25) is 4.18 Å². The fourth-order valence-electron chi connectivity index (χ4n) is 1.08. The molecule has 5 heteroatoms. The van der Waals surface area contributed by atoms with Crippen LogP contribution in [0.2, 0.25) is 0 Å². The first kappa shape index (κ1) is 13.3. The normalized spacial score (nSPS) is 12.1. The molecule has 0 atom stereocenters. The van der Waals surface area contributed by atoms with Crippen LogP contribution in [0.1, 0.15) is 12.5 Å². The van der Waals surface area contributed by atoms with Gasteiger partial charge in [0.05, 0.1) is 12.0 Å². The van der Waals surface area contributed by atoms with Gasteiger partial charge in [0, 0.05) is 4.90 Å². The van der Waals surface area contributed by atoms with Crippen LogP contribution in [0.15, 0.2) is 34.6 Å². The lowest BCUT2D eigenvalue weighted by Crippen LogP contribution is -2.00. The second-order valence-corrected chi connectivity index (χ2v) is 5.35. The summed E-state index contributed by atoms with van der Waals surface area (Å²) in [4.78, 5) is 1.14. The van der Waals surface area contributed by atoms with Gasteiger partial charge in [-0.1, -0.05) is 12.1 Å². The fraction of sp³-hybridized carbons (Fsp3) is 0.273. The zero-order chi connectivity index (χ0) is 12.0. The Hall–Kier alpha value is -0.780. The second kappa shape index (κ2) is 6.08. The average molecular weight is 258 g/mol. The quantitative estimate of drug-likeness (QED) is 0.601. The van der Waals surface area contributed by atoms with Gasteiger partial charge in [0.1, 0.15) is 0 Å². The van der Waals surface area contributed by atoms with Gasteiger partial charge in [0.15, 0.2) is 0 Å². The van der Waals surface area contributed by atoms with Crippen LogP contribution in [0.3, 0.4) is 0 Å². The molecule has 0 saturated carbocycles. The molecule has 0 amide bonds. The largest absolute Gasteiger partial charge is 0.290 e. The van der Waals surface area contributed by atoms with Crippen molar-refractivity contribution < 1.29 is 12.6 Å². The Bertz CT molecular complexity index is 447. The molecule has 0 heterocycles. The minimum Gasteiger partial charge on any atom is -0.267 e. The average Bonchev–Trinajstić information content (AvgIpc) is 2.27. The molecule has 16 heavy (non-hydrogen) atoms. The van der Waals surface area contributed by atoms with Crippen LogP contribution >= 0.6 is 11.8 Å². The van der Waals surface area contributed by atoms with Gasteiger partial charge in [-0.2, -0.15) is 8.42 Å². The Morgan fingerprint density at radius 1 is 1.31 bits per heavy atom. The first-order valence-electron chi connectivity index (χ1n) is 4.79. The predicted octanol–water partition coefficient (Wildman–Crippen LogP) is 2.75. The van der Waals surface area contributed by atoms with E-state index in [-0.39, 0.29) is 6.61 Å². The van der Waals surface area contributed by atoms with Crippen molar-refractivity contribution in [2.75, 3.05) is 12.9 Å². The summed E-state index contributed by atoms with van der Waals surface area (Å²) >= 11 is 1.64. The van der Waals surface area contributed by atoms with Crippen molar-refractivity contribution >= 4 is 28.0 Å². The molecule has 88 valence electrons. The topological polar surface area (TPSA) is 43.4 Å². The Morgan fingerprint density at radius 2 is 1.94 bits per heavy atom. The van der Waals surface area contributed by atoms with Gasteiger partial charge in [-0.15, -0.1) is 11.8 Å². The van der Waals surface area contributed by atoms with E-state index in [2.05, 4.69) is 4.18 Å². The van der Waals surface area contributed by atoms with Crippen LogP contribution in [0, 0.1) is 0 Å².